The molecule has 0 saturated carbocycles. The zero-order chi connectivity index (χ0) is 12.7. The molecular weight excluding hydrogens is 280 g/mol. The molecule has 0 aliphatic carbocycles. The highest BCUT2D eigenvalue weighted by Crippen LogP contribution is 2.11. The quantitative estimate of drug-likeness (QED) is 0.504. The third-order valence-corrected chi connectivity index (χ3v) is 2.64. The number of carbonyl (C=O) groups is 1. The largest absolute Gasteiger partial charge is 0.271 e. The van der Waals surface area contributed by atoms with Gasteiger partial charge in [-0.25, -0.2) is 5.43 Å². The number of hydrogen-bond acceptors (Lipinski definition) is 2. The van der Waals surface area contributed by atoms with Gasteiger partial charge in [0, 0.05) is 15.7 Å². The molecule has 90 valence electrons. The van der Waals surface area contributed by atoms with Gasteiger partial charge in [0.05, 0.1) is 0 Å². The Labute approximate surface area is 110 Å². The lowest BCUT2D eigenvalue weighted by molar-refractivity contribution is 0.0954. The molecule has 1 N–H and O–H groups in total. The normalized spacial score (nSPS) is 11.1. The Kier molecular flexibility index (Phi) is 5.63. The fourth-order valence-electron chi connectivity index (χ4n) is 1.21. The van der Waals surface area contributed by atoms with Crippen molar-refractivity contribution in [2.75, 3.05) is 0 Å². The molecule has 1 amide bonds. The van der Waals surface area contributed by atoms with Crippen LogP contribution in [0.25, 0.3) is 0 Å². The molecule has 17 heavy (non-hydrogen) atoms. The highest BCUT2D eigenvalue weighted by atomic mass is 79.9. The Morgan fingerprint density at radius 3 is 3.00 bits per heavy atom. The summed E-state index contributed by atoms with van der Waals surface area (Å²) in [6.45, 7) is 5.52. The van der Waals surface area contributed by atoms with Crippen molar-refractivity contribution in [1.29, 1.82) is 0 Å². The second-order valence-corrected chi connectivity index (χ2v) is 4.54. The van der Waals surface area contributed by atoms with Crippen LogP contribution in [0.5, 0.6) is 0 Å². The van der Waals surface area contributed by atoms with Gasteiger partial charge in [0.25, 0.3) is 5.91 Å². The van der Waals surface area contributed by atoms with Gasteiger partial charge in [0.1, 0.15) is 0 Å². The van der Waals surface area contributed by atoms with Crippen LogP contribution in [0.2, 0.25) is 0 Å². The fraction of sp³-hybridized carbons (Fsp3) is 0.231. The zero-order valence-corrected chi connectivity index (χ0v) is 11.3. The minimum Gasteiger partial charge on any atom is -0.267 e. The summed E-state index contributed by atoms with van der Waals surface area (Å²) in [4.78, 5) is 11.7. The number of nitrogens with one attached hydrogen (secondary N) is 1. The van der Waals surface area contributed by atoms with Crippen molar-refractivity contribution >= 4 is 27.5 Å². The number of rotatable bonds is 5. The number of nitrogens with zero attached hydrogens (tertiary/aromatic N) is 1. The van der Waals surface area contributed by atoms with Gasteiger partial charge in [-0.1, -0.05) is 28.1 Å². The van der Waals surface area contributed by atoms with Gasteiger partial charge in [0.2, 0.25) is 0 Å². The van der Waals surface area contributed by atoms with Crippen LogP contribution in [0.1, 0.15) is 30.1 Å². The van der Waals surface area contributed by atoms with Crippen LogP contribution in [0, 0.1) is 0 Å². The van der Waals surface area contributed by atoms with Crippen molar-refractivity contribution in [3.8, 4) is 0 Å². The summed E-state index contributed by atoms with van der Waals surface area (Å²) in [6.07, 6.45) is 3.50. The van der Waals surface area contributed by atoms with Gasteiger partial charge in [-0.2, -0.15) is 5.10 Å². The Morgan fingerprint density at radius 1 is 1.59 bits per heavy atom. The summed E-state index contributed by atoms with van der Waals surface area (Å²) in [7, 11) is 0. The van der Waals surface area contributed by atoms with Crippen molar-refractivity contribution in [2.45, 2.75) is 19.8 Å². The summed E-state index contributed by atoms with van der Waals surface area (Å²) in [5, 5.41) is 4.02. The monoisotopic (exact) mass is 294 g/mol. The Hall–Kier alpha value is -1.42. The predicted molar refractivity (Wildman–Crippen MR) is 74.1 cm³/mol. The first-order valence-electron chi connectivity index (χ1n) is 5.33. The van der Waals surface area contributed by atoms with E-state index in [1.54, 1.807) is 12.1 Å². The number of halogens is 1. The molecular formula is C13H15BrN2O. The number of amides is 1. The minimum absolute atomic E-state index is 0.204. The van der Waals surface area contributed by atoms with Crippen LogP contribution in [0.4, 0.5) is 0 Å². The smallest absolute Gasteiger partial charge is 0.267 e. The lowest BCUT2D eigenvalue weighted by atomic mass is 10.2. The molecule has 0 saturated heterocycles. The Balaban J connectivity index is 2.58. The third kappa shape index (κ3) is 4.95. The summed E-state index contributed by atoms with van der Waals surface area (Å²) in [6, 6.07) is 7.18. The Bertz CT molecular complexity index is 441. The number of hydrogen-bond donors (Lipinski definition) is 1. The topological polar surface area (TPSA) is 41.5 Å². The molecule has 1 rings (SSSR count). The van der Waals surface area contributed by atoms with E-state index in [-0.39, 0.29) is 5.91 Å². The van der Waals surface area contributed by atoms with Gasteiger partial charge in [-0.3, -0.25) is 4.79 Å². The van der Waals surface area contributed by atoms with Gasteiger partial charge >= 0.3 is 0 Å². The molecule has 0 bridgehead atoms. The summed E-state index contributed by atoms with van der Waals surface area (Å²) < 4.78 is 0.873. The molecule has 0 aliphatic rings. The fourth-order valence-corrected chi connectivity index (χ4v) is 1.61. The standard InChI is InChI=1S/C13H15BrN2O/c1-3-4-6-10(2)15-16-13(17)11-7-5-8-12(14)9-11/h3,5,7-9H,1,4,6H2,2H3,(H,16,17). The van der Waals surface area contributed by atoms with E-state index in [9.17, 15) is 4.79 Å². The second kappa shape index (κ2) is 7.01. The number of allylic oxidation sites excluding steroid dienone is 1. The first kappa shape index (κ1) is 13.6. The molecule has 1 aromatic carbocycles. The number of benzene rings is 1. The molecule has 0 atom stereocenters. The molecule has 0 spiro atoms. The molecule has 4 heteroatoms. The number of carbonyl (C=O) groups excluding carboxylic acids is 1. The summed E-state index contributed by atoms with van der Waals surface area (Å²) >= 11 is 3.32. The molecule has 0 radical (unpaired) electrons. The van der Waals surface area contributed by atoms with Crippen molar-refractivity contribution in [3.63, 3.8) is 0 Å². The maximum Gasteiger partial charge on any atom is 0.271 e. The maximum absolute atomic E-state index is 11.7. The maximum atomic E-state index is 11.7. The third-order valence-electron chi connectivity index (χ3n) is 2.15. The highest BCUT2D eigenvalue weighted by molar-refractivity contribution is 9.10. The van der Waals surface area contributed by atoms with Crippen LogP contribution in [0.3, 0.4) is 0 Å². The van der Waals surface area contributed by atoms with Crippen LogP contribution in [-0.2, 0) is 0 Å². The van der Waals surface area contributed by atoms with Gasteiger partial charge in [-0.15, -0.1) is 6.58 Å². The molecule has 1 aromatic rings. The van der Waals surface area contributed by atoms with Gasteiger partial charge < -0.3 is 0 Å². The van der Waals surface area contributed by atoms with E-state index in [4.69, 9.17) is 0 Å². The average molecular weight is 295 g/mol. The van der Waals surface area contributed by atoms with Crippen LogP contribution in [-0.4, -0.2) is 11.6 Å². The molecule has 0 aliphatic heterocycles. The van der Waals surface area contributed by atoms with Crippen molar-refractivity contribution in [3.05, 3.63) is 47.0 Å². The van der Waals surface area contributed by atoms with Crippen molar-refractivity contribution in [2.24, 2.45) is 5.10 Å². The average Bonchev–Trinajstić information content (AvgIpc) is 2.33. The first-order valence-corrected chi connectivity index (χ1v) is 6.12. The summed E-state index contributed by atoms with van der Waals surface area (Å²) in [5.41, 5.74) is 3.99. The summed E-state index contributed by atoms with van der Waals surface area (Å²) in [5.74, 6) is -0.204. The van der Waals surface area contributed by atoms with Crippen LogP contribution >= 0.6 is 15.9 Å². The minimum atomic E-state index is -0.204. The molecule has 0 fully saturated rings. The molecule has 0 aromatic heterocycles. The second-order valence-electron chi connectivity index (χ2n) is 3.63. The molecule has 0 unspecified atom stereocenters. The molecule has 3 nitrogen and oxygen atoms in total. The van der Waals surface area contributed by atoms with Gasteiger partial charge in [-0.05, 0) is 38.0 Å². The van der Waals surface area contributed by atoms with Crippen LogP contribution < -0.4 is 5.43 Å². The lowest BCUT2D eigenvalue weighted by Gasteiger charge is -2.02. The van der Waals surface area contributed by atoms with Crippen molar-refractivity contribution < 1.29 is 4.79 Å². The van der Waals surface area contributed by atoms with Crippen molar-refractivity contribution in [1.82, 2.24) is 5.43 Å². The SMILES string of the molecule is C=CCCC(C)=NNC(=O)c1cccc(Br)c1. The van der Waals surface area contributed by atoms with E-state index < -0.39 is 0 Å². The predicted octanol–water partition coefficient (Wildman–Crippen LogP) is 3.52. The van der Waals surface area contributed by atoms with E-state index in [0.717, 1.165) is 23.0 Å². The molecule has 0 heterocycles. The van der Waals surface area contributed by atoms with E-state index in [2.05, 4.69) is 33.0 Å². The lowest BCUT2D eigenvalue weighted by Crippen LogP contribution is -2.18. The van der Waals surface area contributed by atoms with Gasteiger partial charge in [0.15, 0.2) is 0 Å². The number of hydrazone groups is 1. The van der Waals surface area contributed by atoms with E-state index >= 15 is 0 Å². The van der Waals surface area contributed by atoms with E-state index in [1.807, 2.05) is 25.1 Å². The zero-order valence-electron chi connectivity index (χ0n) is 9.74. The van der Waals surface area contributed by atoms with E-state index in [1.165, 1.54) is 0 Å². The first-order chi connectivity index (χ1) is 8.13. The Morgan fingerprint density at radius 2 is 2.35 bits per heavy atom. The van der Waals surface area contributed by atoms with E-state index in [0.29, 0.717) is 5.56 Å². The highest BCUT2D eigenvalue weighted by Gasteiger charge is 2.04. The van der Waals surface area contributed by atoms with Crippen LogP contribution in [0.15, 0.2) is 46.5 Å².